The molecule has 0 bridgehead atoms. The van der Waals surface area contributed by atoms with E-state index in [-0.39, 0.29) is 35.4 Å². The Morgan fingerprint density at radius 2 is 1.04 bits per heavy atom. The Bertz CT molecular complexity index is 2340. The monoisotopic (exact) mass is 750 g/mol. The predicted molar refractivity (Wildman–Crippen MR) is 226 cm³/mol. The topological polar surface area (TPSA) is 99.5 Å². The summed E-state index contributed by atoms with van der Waals surface area (Å²) in [7, 11) is 3.26. The van der Waals surface area contributed by atoms with Crippen molar-refractivity contribution < 1.29 is 29.3 Å². The van der Waals surface area contributed by atoms with Gasteiger partial charge in [0, 0.05) is 34.7 Å². The van der Waals surface area contributed by atoms with Crippen LogP contribution >= 0.6 is 0 Å². The lowest BCUT2D eigenvalue weighted by Crippen LogP contribution is -2.49. The van der Waals surface area contributed by atoms with E-state index in [1.165, 1.54) is 0 Å². The van der Waals surface area contributed by atoms with Crippen LogP contribution in [0.4, 0.5) is 11.4 Å². The molecule has 5 aromatic rings. The second-order valence-corrected chi connectivity index (χ2v) is 14.0. The predicted octanol–water partition coefficient (Wildman–Crippen LogP) is 10.3. The van der Waals surface area contributed by atoms with E-state index in [1.54, 1.807) is 36.2 Å². The van der Waals surface area contributed by atoms with Crippen molar-refractivity contribution in [2.24, 2.45) is 0 Å². The van der Waals surface area contributed by atoms with E-state index in [0.717, 1.165) is 72.9 Å². The van der Waals surface area contributed by atoms with Crippen LogP contribution in [-0.4, -0.2) is 36.2 Å². The van der Waals surface area contributed by atoms with Gasteiger partial charge in [-0.3, -0.25) is 19.4 Å². The van der Waals surface area contributed by atoms with Gasteiger partial charge >= 0.3 is 0 Å². The van der Waals surface area contributed by atoms with Crippen LogP contribution in [0.5, 0.6) is 23.0 Å². The second kappa shape index (κ2) is 16.9. The number of benzene rings is 5. The average Bonchev–Trinajstić information content (AvgIpc) is 3.20. The van der Waals surface area contributed by atoms with Crippen LogP contribution in [0.1, 0.15) is 62.2 Å². The maximum absolute atomic E-state index is 13.3. The molecule has 56 heavy (non-hydrogen) atoms. The molecule has 2 atom stereocenters. The van der Waals surface area contributed by atoms with Crippen molar-refractivity contribution in [3.05, 3.63) is 172 Å². The van der Waals surface area contributed by atoms with Gasteiger partial charge in [0.05, 0.1) is 26.3 Å². The molecule has 2 heterocycles. The van der Waals surface area contributed by atoms with Gasteiger partial charge in [-0.2, -0.15) is 0 Å². The number of ether oxygens (including phenoxy) is 2. The number of aryl methyl sites for hydroxylation is 4. The van der Waals surface area contributed by atoms with Crippen LogP contribution in [0.3, 0.4) is 0 Å². The summed E-state index contributed by atoms with van der Waals surface area (Å²) in [5, 5.41) is 20.3. The first-order chi connectivity index (χ1) is 26.7. The minimum absolute atomic E-state index is 0.0470. The molecule has 0 saturated carbocycles. The van der Waals surface area contributed by atoms with Crippen LogP contribution < -0.4 is 19.3 Å². The minimum atomic E-state index is -0.281. The molecule has 8 nitrogen and oxygen atoms in total. The maximum Gasteiger partial charge on any atom is 0.257 e. The van der Waals surface area contributed by atoms with E-state index in [9.17, 15) is 19.8 Å². The van der Waals surface area contributed by atoms with Crippen LogP contribution in [0, 0.1) is 41.5 Å². The molecule has 2 fully saturated rings. The number of carbonyl (C=O) groups excluding carboxylic acids is 2. The van der Waals surface area contributed by atoms with Gasteiger partial charge in [0.15, 0.2) is 0 Å². The molecule has 2 aliphatic heterocycles. The molecule has 2 N–H and O–H groups in total. The zero-order valence-corrected chi connectivity index (χ0v) is 33.4. The molecular formula is C48H50N2O6. The summed E-state index contributed by atoms with van der Waals surface area (Å²) in [6.45, 7) is 21.6. The third-order valence-electron chi connectivity index (χ3n) is 10.5. The minimum Gasteiger partial charge on any atom is -0.508 e. The summed E-state index contributed by atoms with van der Waals surface area (Å²) in [4.78, 5) is 29.1. The molecule has 8 heteroatoms. The van der Waals surface area contributed by atoms with E-state index in [1.807, 2.05) is 126 Å². The number of β-lactam (4-membered cyclic amide) rings is 2. The summed E-state index contributed by atoms with van der Waals surface area (Å²) in [5.41, 5.74) is 11.3. The number of carbonyl (C=O) groups is 2. The summed E-state index contributed by atoms with van der Waals surface area (Å²) >= 11 is 0. The lowest BCUT2D eigenvalue weighted by Gasteiger charge is -2.43. The van der Waals surface area contributed by atoms with E-state index >= 15 is 0 Å². The van der Waals surface area contributed by atoms with E-state index < -0.39 is 0 Å². The Balaban J connectivity index is 0.000000210. The summed E-state index contributed by atoms with van der Waals surface area (Å²) in [6.07, 6.45) is 1.93. The lowest BCUT2D eigenvalue weighted by molar-refractivity contribution is -0.119. The Labute approximate surface area is 330 Å². The van der Waals surface area contributed by atoms with Gasteiger partial charge in [-0.15, -0.1) is 13.2 Å². The molecule has 0 unspecified atom stereocenters. The number of rotatable bonds is 7. The first-order valence-corrected chi connectivity index (χ1v) is 18.3. The van der Waals surface area contributed by atoms with Crippen LogP contribution in [0.15, 0.2) is 122 Å². The number of aromatic hydroxyl groups is 2. The molecule has 5 aromatic carbocycles. The summed E-state index contributed by atoms with van der Waals surface area (Å²) in [5.74, 6) is 1.80. The van der Waals surface area contributed by atoms with Gasteiger partial charge in [0.25, 0.3) is 11.8 Å². The third-order valence-corrected chi connectivity index (χ3v) is 10.5. The van der Waals surface area contributed by atoms with Crippen molar-refractivity contribution in [3.63, 3.8) is 0 Å². The quantitative estimate of drug-likeness (QED) is 0.0976. The number of methoxy groups -OCH3 is 2. The fourth-order valence-corrected chi connectivity index (χ4v) is 6.92. The fourth-order valence-electron chi connectivity index (χ4n) is 6.92. The van der Waals surface area contributed by atoms with Gasteiger partial charge in [0.2, 0.25) is 0 Å². The molecular weight excluding hydrogens is 701 g/mol. The Hall–Kier alpha value is -6.54. The SMILES string of the molecule is C=C.C=C1C(=O)N(c2cc(C)c(C)c(OC)c2)[C@H]1c1ccc(C)c(O)c1.COc1cc(N2C(=O)/C(=C\c3ccccc3)[C@@H]2c2ccc(C)c(O)c2)cc(C)c1C. The average molecular weight is 751 g/mol. The molecule has 2 saturated heterocycles. The number of hydrogen-bond donors (Lipinski definition) is 2. The van der Waals surface area contributed by atoms with E-state index in [2.05, 4.69) is 19.7 Å². The van der Waals surface area contributed by atoms with Crippen molar-refractivity contribution in [1.29, 1.82) is 0 Å². The molecule has 0 radical (unpaired) electrons. The molecule has 7 rings (SSSR count). The number of hydrogen-bond acceptors (Lipinski definition) is 6. The van der Waals surface area contributed by atoms with Crippen LogP contribution in [0.25, 0.3) is 6.08 Å². The molecule has 0 aliphatic carbocycles. The molecule has 2 amide bonds. The Morgan fingerprint density at radius 3 is 1.48 bits per heavy atom. The smallest absolute Gasteiger partial charge is 0.257 e. The third kappa shape index (κ3) is 7.68. The summed E-state index contributed by atoms with van der Waals surface area (Å²) in [6, 6.07) is 28.1. The van der Waals surface area contributed by atoms with Crippen molar-refractivity contribution >= 4 is 29.3 Å². The number of amides is 2. The number of anilines is 2. The van der Waals surface area contributed by atoms with Gasteiger partial charge in [-0.25, -0.2) is 0 Å². The molecule has 0 spiro atoms. The first kappa shape index (κ1) is 40.6. The van der Waals surface area contributed by atoms with Gasteiger partial charge in [-0.05, 0) is 122 Å². The first-order valence-electron chi connectivity index (χ1n) is 18.3. The van der Waals surface area contributed by atoms with Crippen molar-refractivity contribution in [2.75, 3.05) is 24.0 Å². The van der Waals surface area contributed by atoms with Gasteiger partial charge in [-0.1, -0.05) is 61.2 Å². The van der Waals surface area contributed by atoms with E-state index in [4.69, 9.17) is 9.47 Å². The van der Waals surface area contributed by atoms with Crippen LogP contribution in [0.2, 0.25) is 0 Å². The Morgan fingerprint density at radius 1 is 0.589 bits per heavy atom. The largest absolute Gasteiger partial charge is 0.508 e. The lowest BCUT2D eigenvalue weighted by atomic mass is 9.85. The summed E-state index contributed by atoms with van der Waals surface area (Å²) < 4.78 is 10.9. The fraction of sp³-hybridized carbons (Fsp3) is 0.208. The molecule has 288 valence electrons. The zero-order chi connectivity index (χ0) is 41.0. The normalized spacial score (nSPS) is 16.6. The Kier molecular flexibility index (Phi) is 12.2. The number of phenols is 2. The van der Waals surface area contributed by atoms with Gasteiger partial charge in [0.1, 0.15) is 23.0 Å². The highest BCUT2D eigenvalue weighted by atomic mass is 16.5. The molecule has 2 aliphatic rings. The zero-order valence-electron chi connectivity index (χ0n) is 33.4. The number of phenolic OH excluding ortho intramolecular Hbond substituents is 2. The standard InChI is InChI=1S/C26H25NO3.C20H21NO3.C2H4/c1-16-10-11-20(14-23(16)28)25-22(13-19-8-6-5-7-9-19)26(29)27(25)21-12-17(2)18(3)24(15-21)30-4;1-11-6-7-15(9-17(11)22)19-14(4)20(23)21(19)16-8-12(2)13(3)18(10-16)24-5;1-2/h5-15,25,28H,1-4H3;6-10,19,22H,4H2,1-3,5H3;1-2H2/b22-13-;;/t25-;19-;/m01./s1. The molecule has 0 aromatic heterocycles. The highest BCUT2D eigenvalue weighted by Gasteiger charge is 2.45. The van der Waals surface area contributed by atoms with E-state index in [0.29, 0.717) is 11.1 Å². The van der Waals surface area contributed by atoms with Crippen molar-refractivity contribution in [2.45, 2.75) is 53.6 Å². The van der Waals surface area contributed by atoms with Crippen molar-refractivity contribution in [3.8, 4) is 23.0 Å². The van der Waals surface area contributed by atoms with Crippen LogP contribution in [-0.2, 0) is 9.59 Å². The highest BCUT2D eigenvalue weighted by molar-refractivity contribution is 6.18. The van der Waals surface area contributed by atoms with Crippen molar-refractivity contribution in [1.82, 2.24) is 0 Å². The highest BCUT2D eigenvalue weighted by Crippen LogP contribution is 2.47. The second-order valence-electron chi connectivity index (χ2n) is 14.0. The maximum atomic E-state index is 13.3. The van der Waals surface area contributed by atoms with Gasteiger partial charge < -0.3 is 19.7 Å². The number of nitrogens with zero attached hydrogens (tertiary/aromatic N) is 2.